The van der Waals surface area contributed by atoms with E-state index in [-0.39, 0.29) is 6.04 Å². The smallest absolute Gasteiger partial charge is 0.408 e. The minimum Gasteiger partial charge on any atom is -0.481 e. The maximum Gasteiger partial charge on any atom is 0.408 e. The van der Waals surface area contributed by atoms with E-state index < -0.39 is 23.6 Å². The van der Waals surface area contributed by atoms with Crippen LogP contribution in [0.25, 0.3) is 0 Å². The summed E-state index contributed by atoms with van der Waals surface area (Å²) in [6.45, 7) is 5.40. The van der Waals surface area contributed by atoms with Gasteiger partial charge in [0.2, 0.25) is 0 Å². The third-order valence-electron chi connectivity index (χ3n) is 4.19. The number of aliphatic carboxylic acids is 1. The van der Waals surface area contributed by atoms with E-state index in [0.717, 1.165) is 11.1 Å². The molecule has 5 heteroatoms. The van der Waals surface area contributed by atoms with Gasteiger partial charge < -0.3 is 15.2 Å². The number of carbonyl (C=O) groups is 2. The molecule has 0 saturated carbocycles. The molecule has 5 nitrogen and oxygen atoms in total. The number of carboxylic acid groups (broad SMARTS) is 1. The number of hydrogen-bond donors (Lipinski definition) is 2. The van der Waals surface area contributed by atoms with Gasteiger partial charge in [0.15, 0.2) is 0 Å². The molecule has 0 spiro atoms. The van der Waals surface area contributed by atoms with Crippen molar-refractivity contribution in [2.45, 2.75) is 45.3 Å². The van der Waals surface area contributed by atoms with Crippen molar-refractivity contribution in [3.63, 3.8) is 0 Å². The van der Waals surface area contributed by atoms with Gasteiger partial charge in [-0.2, -0.15) is 0 Å². The Morgan fingerprint density at radius 1 is 0.931 bits per heavy atom. The monoisotopic (exact) mass is 395 g/mol. The highest BCUT2D eigenvalue weighted by molar-refractivity contribution is 5.73. The Hall–Kier alpha value is -3.08. The summed E-state index contributed by atoms with van der Waals surface area (Å²) in [5.41, 5.74) is 1.37. The molecule has 0 unspecified atom stereocenters. The molecule has 2 rings (SSSR count). The summed E-state index contributed by atoms with van der Waals surface area (Å²) < 4.78 is 5.36. The Morgan fingerprint density at radius 2 is 1.45 bits per heavy atom. The molecule has 0 aliphatic heterocycles. The lowest BCUT2D eigenvalue weighted by Gasteiger charge is -2.22. The molecule has 1 amide bonds. The largest absolute Gasteiger partial charge is 0.481 e. The Balaban J connectivity index is 2.14. The Labute approximate surface area is 172 Å². The molecule has 2 N–H and O–H groups in total. The molecule has 0 heterocycles. The molecule has 0 fully saturated rings. The van der Waals surface area contributed by atoms with Gasteiger partial charge in [-0.05, 0) is 44.7 Å². The highest BCUT2D eigenvalue weighted by Crippen LogP contribution is 2.13. The van der Waals surface area contributed by atoms with Crippen molar-refractivity contribution < 1.29 is 19.4 Å². The summed E-state index contributed by atoms with van der Waals surface area (Å²) in [7, 11) is 0. The normalized spacial score (nSPS) is 13.6. The molecule has 2 aromatic rings. The van der Waals surface area contributed by atoms with Crippen molar-refractivity contribution in [1.82, 2.24) is 5.32 Å². The zero-order valence-electron chi connectivity index (χ0n) is 17.2. The van der Waals surface area contributed by atoms with Gasteiger partial charge in [-0.3, -0.25) is 4.79 Å². The quantitative estimate of drug-likeness (QED) is 0.640. The second-order valence-corrected chi connectivity index (χ2v) is 7.96. The van der Waals surface area contributed by atoms with E-state index in [1.54, 1.807) is 32.9 Å². The van der Waals surface area contributed by atoms with E-state index in [4.69, 9.17) is 4.74 Å². The first kappa shape index (κ1) is 22.2. The minimum atomic E-state index is -0.902. The van der Waals surface area contributed by atoms with E-state index in [2.05, 4.69) is 5.32 Å². The standard InChI is InChI=1S/C24H29NO4/c1-24(2,3)29-23(28)25-21(17-19-12-8-5-9-13-19)15-14-20(22(26)27)16-18-10-6-4-7-11-18/h4-15,20-21H,16-17H2,1-3H3,(H,25,28)(H,26,27)/b15-14+/t20-,21+/m0/s1. The lowest BCUT2D eigenvalue weighted by Crippen LogP contribution is -2.39. The van der Waals surface area contributed by atoms with Crippen molar-refractivity contribution in [3.8, 4) is 0 Å². The average molecular weight is 395 g/mol. The number of ether oxygens (including phenoxy) is 1. The van der Waals surface area contributed by atoms with Gasteiger partial charge in [-0.25, -0.2) is 4.79 Å². The fraction of sp³-hybridized carbons (Fsp3) is 0.333. The van der Waals surface area contributed by atoms with Gasteiger partial charge >= 0.3 is 12.1 Å². The highest BCUT2D eigenvalue weighted by atomic mass is 16.6. The first-order chi connectivity index (χ1) is 13.7. The summed E-state index contributed by atoms with van der Waals surface area (Å²) in [6.07, 6.45) is 3.79. The van der Waals surface area contributed by atoms with Crippen LogP contribution in [0.5, 0.6) is 0 Å². The Morgan fingerprint density at radius 3 is 1.93 bits per heavy atom. The fourth-order valence-electron chi connectivity index (χ4n) is 2.87. The number of rotatable bonds is 8. The zero-order valence-corrected chi connectivity index (χ0v) is 17.2. The van der Waals surface area contributed by atoms with Crippen LogP contribution in [0.2, 0.25) is 0 Å². The van der Waals surface area contributed by atoms with Crippen LogP contribution in [-0.2, 0) is 22.4 Å². The summed E-state index contributed by atoms with van der Waals surface area (Å²) in [5.74, 6) is -1.59. The predicted molar refractivity (Wildman–Crippen MR) is 114 cm³/mol. The molecule has 2 atom stereocenters. The van der Waals surface area contributed by atoms with Crippen LogP contribution in [0, 0.1) is 5.92 Å². The summed E-state index contributed by atoms with van der Waals surface area (Å²) in [6, 6.07) is 18.8. The number of hydrogen-bond acceptors (Lipinski definition) is 3. The predicted octanol–water partition coefficient (Wildman–Crippen LogP) is 4.62. The maximum absolute atomic E-state index is 12.2. The third kappa shape index (κ3) is 8.64. The molecule has 0 bridgehead atoms. The first-order valence-corrected chi connectivity index (χ1v) is 9.71. The van der Waals surface area contributed by atoms with E-state index in [0.29, 0.717) is 12.8 Å². The topological polar surface area (TPSA) is 75.6 Å². The second kappa shape index (κ2) is 10.5. The number of nitrogens with one attached hydrogen (secondary N) is 1. The number of benzene rings is 2. The van der Waals surface area contributed by atoms with Crippen LogP contribution in [0.3, 0.4) is 0 Å². The van der Waals surface area contributed by atoms with E-state index in [1.807, 2.05) is 60.7 Å². The first-order valence-electron chi connectivity index (χ1n) is 9.71. The summed E-state index contributed by atoms with van der Waals surface area (Å²) in [4.78, 5) is 24.0. The Kier molecular flexibility index (Phi) is 8.01. The summed E-state index contributed by atoms with van der Waals surface area (Å²) >= 11 is 0. The van der Waals surface area contributed by atoms with E-state index in [9.17, 15) is 14.7 Å². The molecular formula is C24H29NO4. The van der Waals surface area contributed by atoms with Crippen molar-refractivity contribution in [3.05, 3.63) is 83.9 Å². The third-order valence-corrected chi connectivity index (χ3v) is 4.19. The van der Waals surface area contributed by atoms with Crippen LogP contribution in [-0.4, -0.2) is 28.8 Å². The SMILES string of the molecule is CC(C)(C)OC(=O)N[C@H](/C=C/[C@@H](Cc1ccccc1)C(=O)O)Cc1ccccc1. The molecule has 0 saturated heterocycles. The number of carbonyl (C=O) groups excluding carboxylic acids is 1. The van der Waals surface area contributed by atoms with E-state index in [1.165, 1.54) is 0 Å². The molecule has 0 aliphatic rings. The van der Waals surface area contributed by atoms with Crippen LogP contribution < -0.4 is 5.32 Å². The number of alkyl carbamates (subject to hydrolysis) is 1. The molecular weight excluding hydrogens is 366 g/mol. The van der Waals surface area contributed by atoms with E-state index >= 15 is 0 Å². The van der Waals surface area contributed by atoms with Crippen molar-refractivity contribution in [2.75, 3.05) is 0 Å². The van der Waals surface area contributed by atoms with Crippen molar-refractivity contribution in [2.24, 2.45) is 5.92 Å². The lowest BCUT2D eigenvalue weighted by molar-refractivity contribution is -0.140. The zero-order chi connectivity index (χ0) is 21.3. The fourth-order valence-corrected chi connectivity index (χ4v) is 2.87. The average Bonchev–Trinajstić information content (AvgIpc) is 2.64. The van der Waals surface area contributed by atoms with Crippen LogP contribution in [0.4, 0.5) is 4.79 Å². The number of carboxylic acids is 1. The van der Waals surface area contributed by atoms with Gasteiger partial charge in [-0.15, -0.1) is 0 Å². The highest BCUT2D eigenvalue weighted by Gasteiger charge is 2.20. The molecule has 0 radical (unpaired) electrons. The maximum atomic E-state index is 12.2. The molecule has 2 aromatic carbocycles. The number of amides is 1. The molecule has 0 aromatic heterocycles. The lowest BCUT2D eigenvalue weighted by atomic mass is 9.97. The Bertz CT molecular complexity index is 810. The van der Waals surface area contributed by atoms with Crippen molar-refractivity contribution >= 4 is 12.1 Å². The molecule has 29 heavy (non-hydrogen) atoms. The second-order valence-electron chi connectivity index (χ2n) is 7.96. The van der Waals surface area contributed by atoms with Gasteiger partial charge in [0.25, 0.3) is 0 Å². The van der Waals surface area contributed by atoms with Crippen LogP contribution in [0.1, 0.15) is 31.9 Å². The van der Waals surface area contributed by atoms with Crippen LogP contribution in [0.15, 0.2) is 72.8 Å². The van der Waals surface area contributed by atoms with Crippen molar-refractivity contribution in [1.29, 1.82) is 0 Å². The van der Waals surface area contributed by atoms with Crippen LogP contribution >= 0.6 is 0 Å². The van der Waals surface area contributed by atoms with Gasteiger partial charge in [0.1, 0.15) is 5.60 Å². The van der Waals surface area contributed by atoms with Gasteiger partial charge in [0.05, 0.1) is 12.0 Å². The van der Waals surface area contributed by atoms with Gasteiger partial charge in [-0.1, -0.05) is 72.8 Å². The molecule has 0 aliphatic carbocycles. The van der Waals surface area contributed by atoms with Gasteiger partial charge in [0, 0.05) is 0 Å². The minimum absolute atomic E-state index is 0.384. The molecule has 154 valence electrons. The summed E-state index contributed by atoms with van der Waals surface area (Å²) in [5, 5.41) is 12.4.